The van der Waals surface area contributed by atoms with Crippen LogP contribution in [-0.2, 0) is 11.2 Å². The highest BCUT2D eigenvalue weighted by atomic mass is 35.5. The highest BCUT2D eigenvalue weighted by Gasteiger charge is 2.35. The second-order valence-corrected chi connectivity index (χ2v) is 6.92. The van der Waals surface area contributed by atoms with Gasteiger partial charge in [0.2, 0.25) is 5.91 Å². The third kappa shape index (κ3) is 3.45. The molecule has 3 aromatic rings. The Balaban J connectivity index is 1.54. The van der Waals surface area contributed by atoms with E-state index in [1.807, 2.05) is 24.3 Å². The van der Waals surface area contributed by atoms with Crippen molar-refractivity contribution in [2.24, 2.45) is 0 Å². The molecule has 27 heavy (non-hydrogen) atoms. The lowest BCUT2D eigenvalue weighted by Gasteiger charge is -2.17. The first-order valence-electron chi connectivity index (χ1n) is 8.73. The van der Waals surface area contributed by atoms with Crippen LogP contribution in [0.1, 0.15) is 30.7 Å². The van der Waals surface area contributed by atoms with Gasteiger partial charge < -0.3 is 9.42 Å². The van der Waals surface area contributed by atoms with Crippen molar-refractivity contribution in [2.45, 2.75) is 25.7 Å². The molecule has 1 amide bonds. The van der Waals surface area contributed by atoms with E-state index in [9.17, 15) is 9.18 Å². The van der Waals surface area contributed by atoms with Crippen LogP contribution in [-0.4, -0.2) is 22.6 Å². The van der Waals surface area contributed by atoms with Crippen molar-refractivity contribution in [1.82, 2.24) is 10.1 Å². The van der Waals surface area contributed by atoms with Gasteiger partial charge in [-0.05, 0) is 42.3 Å². The first-order valence-corrected chi connectivity index (χ1v) is 9.11. The van der Waals surface area contributed by atoms with E-state index in [-0.39, 0.29) is 23.3 Å². The van der Waals surface area contributed by atoms with Gasteiger partial charge in [-0.3, -0.25) is 4.79 Å². The number of nitrogens with zero attached hydrogens (tertiary/aromatic N) is 3. The van der Waals surface area contributed by atoms with Gasteiger partial charge in [0.05, 0.1) is 10.7 Å². The zero-order chi connectivity index (χ0) is 19.0. The average molecular weight is 386 g/mol. The minimum absolute atomic E-state index is 0.104. The van der Waals surface area contributed by atoms with E-state index in [1.165, 1.54) is 23.8 Å². The molecule has 1 fully saturated rings. The van der Waals surface area contributed by atoms with E-state index >= 15 is 0 Å². The van der Waals surface area contributed by atoms with Crippen LogP contribution in [0.25, 0.3) is 11.5 Å². The van der Waals surface area contributed by atoms with Crippen molar-refractivity contribution in [1.29, 1.82) is 0 Å². The SMILES string of the molecule is CCc1ccc(-c2nc(C3CC(=O)N(c4ccc(F)cc4Cl)C3)no2)cc1. The molecule has 4 rings (SSSR count). The Morgan fingerprint density at radius 3 is 2.74 bits per heavy atom. The van der Waals surface area contributed by atoms with Gasteiger partial charge in [-0.25, -0.2) is 4.39 Å². The Kier molecular flexibility index (Phi) is 4.66. The van der Waals surface area contributed by atoms with Crippen LogP contribution in [0.15, 0.2) is 47.0 Å². The fraction of sp³-hybridized carbons (Fsp3) is 0.250. The summed E-state index contributed by atoms with van der Waals surface area (Å²) < 4.78 is 18.7. The Morgan fingerprint density at radius 2 is 2.04 bits per heavy atom. The number of anilines is 1. The zero-order valence-corrected chi connectivity index (χ0v) is 15.4. The number of halogens is 2. The molecule has 1 unspecified atom stereocenters. The first kappa shape index (κ1) is 17.7. The molecule has 1 saturated heterocycles. The van der Waals surface area contributed by atoms with Crippen LogP contribution in [0.2, 0.25) is 5.02 Å². The Hall–Kier alpha value is -2.73. The highest BCUT2D eigenvalue weighted by Crippen LogP contribution is 2.35. The molecule has 5 nitrogen and oxygen atoms in total. The summed E-state index contributed by atoms with van der Waals surface area (Å²) in [5, 5.41) is 4.26. The number of aryl methyl sites for hydroxylation is 1. The monoisotopic (exact) mass is 385 g/mol. The van der Waals surface area contributed by atoms with E-state index in [2.05, 4.69) is 17.1 Å². The fourth-order valence-electron chi connectivity index (χ4n) is 3.21. The van der Waals surface area contributed by atoms with Crippen molar-refractivity contribution < 1.29 is 13.7 Å². The van der Waals surface area contributed by atoms with E-state index in [4.69, 9.17) is 16.1 Å². The van der Waals surface area contributed by atoms with Crippen LogP contribution in [0, 0.1) is 5.82 Å². The fourth-order valence-corrected chi connectivity index (χ4v) is 3.48. The molecule has 1 aliphatic rings. The van der Waals surface area contributed by atoms with E-state index in [0.717, 1.165) is 12.0 Å². The van der Waals surface area contributed by atoms with Gasteiger partial charge in [0.1, 0.15) is 5.82 Å². The minimum atomic E-state index is -0.441. The summed E-state index contributed by atoms with van der Waals surface area (Å²) in [7, 11) is 0. The topological polar surface area (TPSA) is 59.2 Å². The molecule has 0 bridgehead atoms. The normalized spacial score (nSPS) is 16.9. The molecule has 1 aromatic heterocycles. The maximum Gasteiger partial charge on any atom is 0.257 e. The number of hydrogen-bond acceptors (Lipinski definition) is 4. The van der Waals surface area contributed by atoms with Gasteiger partial charge >= 0.3 is 0 Å². The summed E-state index contributed by atoms with van der Waals surface area (Å²) in [6.07, 6.45) is 1.21. The maximum atomic E-state index is 13.3. The summed E-state index contributed by atoms with van der Waals surface area (Å²) >= 11 is 6.09. The van der Waals surface area contributed by atoms with Gasteiger partial charge in [-0.1, -0.05) is 35.8 Å². The van der Waals surface area contributed by atoms with Crippen LogP contribution in [0.3, 0.4) is 0 Å². The number of carbonyl (C=O) groups excluding carboxylic acids is 1. The summed E-state index contributed by atoms with van der Waals surface area (Å²) in [5.41, 5.74) is 2.56. The molecule has 1 atom stereocenters. The smallest absolute Gasteiger partial charge is 0.257 e. The highest BCUT2D eigenvalue weighted by molar-refractivity contribution is 6.33. The summed E-state index contributed by atoms with van der Waals surface area (Å²) in [6, 6.07) is 11.9. The van der Waals surface area contributed by atoms with Crippen molar-refractivity contribution in [3.8, 4) is 11.5 Å². The molecule has 0 N–H and O–H groups in total. The Morgan fingerprint density at radius 1 is 1.26 bits per heavy atom. The predicted molar refractivity (Wildman–Crippen MR) is 100 cm³/mol. The lowest BCUT2D eigenvalue weighted by atomic mass is 10.1. The van der Waals surface area contributed by atoms with Crippen molar-refractivity contribution >= 4 is 23.2 Å². The molecule has 2 heterocycles. The van der Waals surface area contributed by atoms with E-state index in [0.29, 0.717) is 23.9 Å². The molecule has 7 heteroatoms. The van der Waals surface area contributed by atoms with E-state index < -0.39 is 5.82 Å². The Bertz CT molecular complexity index is 987. The van der Waals surface area contributed by atoms with Gasteiger partial charge in [0.15, 0.2) is 5.82 Å². The van der Waals surface area contributed by atoms with Gasteiger partial charge in [-0.15, -0.1) is 0 Å². The molecule has 0 saturated carbocycles. The Labute approximate surface area is 160 Å². The van der Waals surface area contributed by atoms with Crippen molar-refractivity contribution in [2.75, 3.05) is 11.4 Å². The van der Waals surface area contributed by atoms with Gasteiger partial charge in [-0.2, -0.15) is 4.98 Å². The third-order valence-electron chi connectivity index (χ3n) is 4.74. The molecule has 2 aromatic carbocycles. The summed E-state index contributed by atoms with van der Waals surface area (Å²) in [4.78, 5) is 18.4. The van der Waals surface area contributed by atoms with Crippen LogP contribution in [0.4, 0.5) is 10.1 Å². The second kappa shape index (κ2) is 7.12. The number of hydrogen-bond donors (Lipinski definition) is 0. The molecule has 0 aliphatic carbocycles. The third-order valence-corrected chi connectivity index (χ3v) is 5.04. The van der Waals surface area contributed by atoms with Crippen LogP contribution >= 0.6 is 11.6 Å². The molecular weight excluding hydrogens is 369 g/mol. The quantitative estimate of drug-likeness (QED) is 0.658. The standard InChI is InChI=1S/C20H17ClFN3O2/c1-2-12-3-5-13(6-4-12)20-23-19(24-27-20)14-9-18(26)25(11-14)17-8-7-15(22)10-16(17)21/h3-8,10,14H,2,9,11H2,1H3. The predicted octanol–water partition coefficient (Wildman–Crippen LogP) is 4.61. The van der Waals surface area contributed by atoms with Gasteiger partial charge in [0.25, 0.3) is 5.89 Å². The molecule has 1 aliphatic heterocycles. The lowest BCUT2D eigenvalue weighted by molar-refractivity contribution is -0.117. The van der Waals surface area contributed by atoms with E-state index in [1.54, 1.807) is 4.90 Å². The molecule has 0 spiro atoms. The summed E-state index contributed by atoms with van der Waals surface area (Å²) in [6.45, 7) is 2.47. The van der Waals surface area contributed by atoms with Crippen molar-refractivity contribution in [3.63, 3.8) is 0 Å². The molecule has 138 valence electrons. The van der Waals surface area contributed by atoms with Crippen LogP contribution < -0.4 is 4.90 Å². The zero-order valence-electron chi connectivity index (χ0n) is 14.7. The van der Waals surface area contributed by atoms with Crippen molar-refractivity contribution in [3.05, 3.63) is 64.7 Å². The number of benzene rings is 2. The summed E-state index contributed by atoms with van der Waals surface area (Å²) in [5.74, 6) is 0.166. The average Bonchev–Trinajstić information content (AvgIpc) is 3.29. The maximum absolute atomic E-state index is 13.3. The largest absolute Gasteiger partial charge is 0.334 e. The molecule has 0 radical (unpaired) electrons. The lowest BCUT2D eigenvalue weighted by Crippen LogP contribution is -2.24. The second-order valence-electron chi connectivity index (χ2n) is 6.51. The minimum Gasteiger partial charge on any atom is -0.334 e. The number of aromatic nitrogens is 2. The first-order chi connectivity index (χ1) is 13.0. The molecular formula is C20H17ClFN3O2. The number of amides is 1. The number of carbonyl (C=O) groups is 1. The number of rotatable bonds is 4. The van der Waals surface area contributed by atoms with Crippen LogP contribution in [0.5, 0.6) is 0 Å². The van der Waals surface area contributed by atoms with Gasteiger partial charge in [0, 0.05) is 24.4 Å².